The maximum atomic E-state index is 11.7. The van der Waals surface area contributed by atoms with Gasteiger partial charge in [0.05, 0.1) is 6.54 Å². The van der Waals surface area contributed by atoms with Crippen molar-refractivity contribution in [1.29, 1.82) is 0 Å². The highest BCUT2D eigenvalue weighted by Crippen LogP contribution is 2.11. The molecule has 5 heteroatoms. The third-order valence-corrected chi connectivity index (χ3v) is 2.99. The molecule has 0 saturated carbocycles. The Morgan fingerprint density at radius 2 is 2.14 bits per heavy atom. The molecule has 0 heterocycles. The van der Waals surface area contributed by atoms with Crippen molar-refractivity contribution in [3.05, 3.63) is 29.8 Å². The zero-order chi connectivity index (χ0) is 15.5. The van der Waals surface area contributed by atoms with Gasteiger partial charge in [0.15, 0.2) is 0 Å². The largest absolute Gasteiger partial charge is 0.492 e. The summed E-state index contributed by atoms with van der Waals surface area (Å²) < 4.78 is 10.6. The van der Waals surface area contributed by atoms with Gasteiger partial charge in [-0.05, 0) is 38.1 Å². The molecule has 0 radical (unpaired) electrons. The van der Waals surface area contributed by atoms with Crippen LogP contribution < -0.4 is 10.1 Å². The van der Waals surface area contributed by atoms with Crippen molar-refractivity contribution in [2.45, 2.75) is 13.3 Å². The van der Waals surface area contributed by atoms with E-state index in [0.717, 1.165) is 12.2 Å². The molecular formula is C16H26N2O3. The van der Waals surface area contributed by atoms with Gasteiger partial charge in [-0.2, -0.15) is 0 Å². The Hall–Kier alpha value is -1.59. The Bertz CT molecular complexity index is 424. The van der Waals surface area contributed by atoms with E-state index in [1.807, 2.05) is 43.1 Å². The van der Waals surface area contributed by atoms with E-state index >= 15 is 0 Å². The van der Waals surface area contributed by atoms with Gasteiger partial charge in [0.2, 0.25) is 5.91 Å². The average Bonchev–Trinajstić information content (AvgIpc) is 2.43. The van der Waals surface area contributed by atoms with Crippen LogP contribution in [0.1, 0.15) is 12.0 Å². The zero-order valence-electron chi connectivity index (χ0n) is 13.2. The molecule has 0 saturated heterocycles. The second-order valence-corrected chi connectivity index (χ2v) is 5.10. The summed E-state index contributed by atoms with van der Waals surface area (Å²) in [6, 6.07) is 7.95. The molecule has 0 atom stereocenters. The third kappa shape index (κ3) is 8.32. The fourth-order valence-electron chi connectivity index (χ4n) is 1.85. The fourth-order valence-corrected chi connectivity index (χ4v) is 1.85. The SMILES string of the molecule is COCCCNC(=O)CN(C)CCOc1cccc(C)c1. The molecule has 118 valence electrons. The van der Waals surface area contributed by atoms with Crippen LogP contribution in [0.15, 0.2) is 24.3 Å². The monoisotopic (exact) mass is 294 g/mol. The minimum atomic E-state index is 0.0316. The maximum Gasteiger partial charge on any atom is 0.234 e. The predicted octanol–water partition coefficient (Wildman–Crippen LogP) is 1.46. The first-order valence-corrected chi connectivity index (χ1v) is 7.25. The number of ether oxygens (including phenoxy) is 2. The van der Waals surface area contributed by atoms with E-state index in [2.05, 4.69) is 5.32 Å². The predicted molar refractivity (Wildman–Crippen MR) is 83.7 cm³/mol. The highest BCUT2D eigenvalue weighted by Gasteiger charge is 2.06. The van der Waals surface area contributed by atoms with Gasteiger partial charge in [-0.3, -0.25) is 9.69 Å². The summed E-state index contributed by atoms with van der Waals surface area (Å²) in [5, 5.41) is 2.86. The molecule has 0 bridgehead atoms. The van der Waals surface area contributed by atoms with Crippen LogP contribution in [0.5, 0.6) is 5.75 Å². The van der Waals surface area contributed by atoms with Gasteiger partial charge in [0, 0.05) is 26.8 Å². The first-order chi connectivity index (χ1) is 10.1. The van der Waals surface area contributed by atoms with E-state index < -0.39 is 0 Å². The first-order valence-electron chi connectivity index (χ1n) is 7.25. The molecule has 0 aliphatic carbocycles. The number of methoxy groups -OCH3 is 1. The van der Waals surface area contributed by atoms with Crippen LogP contribution in [-0.4, -0.2) is 57.8 Å². The molecule has 0 unspecified atom stereocenters. The number of benzene rings is 1. The van der Waals surface area contributed by atoms with Crippen LogP contribution in [0, 0.1) is 6.92 Å². The number of aryl methyl sites for hydroxylation is 1. The van der Waals surface area contributed by atoms with Crippen LogP contribution in [0.3, 0.4) is 0 Å². The van der Waals surface area contributed by atoms with Crippen LogP contribution in [0.25, 0.3) is 0 Å². The van der Waals surface area contributed by atoms with Gasteiger partial charge >= 0.3 is 0 Å². The van der Waals surface area contributed by atoms with Crippen molar-refractivity contribution >= 4 is 5.91 Å². The van der Waals surface area contributed by atoms with E-state index in [4.69, 9.17) is 9.47 Å². The van der Waals surface area contributed by atoms with Gasteiger partial charge in [0.1, 0.15) is 12.4 Å². The zero-order valence-corrected chi connectivity index (χ0v) is 13.2. The number of nitrogens with one attached hydrogen (secondary N) is 1. The van der Waals surface area contributed by atoms with Crippen molar-refractivity contribution in [3.63, 3.8) is 0 Å². The van der Waals surface area contributed by atoms with Crippen molar-refractivity contribution in [1.82, 2.24) is 10.2 Å². The number of rotatable bonds is 10. The van der Waals surface area contributed by atoms with Crippen molar-refractivity contribution in [2.24, 2.45) is 0 Å². The number of carbonyl (C=O) groups is 1. The second kappa shape index (κ2) is 10.2. The Morgan fingerprint density at radius 1 is 1.33 bits per heavy atom. The molecule has 0 fully saturated rings. The average molecular weight is 294 g/mol. The van der Waals surface area contributed by atoms with Gasteiger partial charge in [-0.25, -0.2) is 0 Å². The van der Waals surface area contributed by atoms with Crippen LogP contribution >= 0.6 is 0 Å². The Labute approximate surface area is 127 Å². The lowest BCUT2D eigenvalue weighted by atomic mass is 10.2. The van der Waals surface area contributed by atoms with Crippen LogP contribution in [0.2, 0.25) is 0 Å². The fraction of sp³-hybridized carbons (Fsp3) is 0.562. The minimum Gasteiger partial charge on any atom is -0.492 e. The number of hydrogen-bond donors (Lipinski definition) is 1. The van der Waals surface area contributed by atoms with Crippen molar-refractivity contribution in [2.75, 3.05) is 47.0 Å². The number of nitrogens with zero attached hydrogens (tertiary/aromatic N) is 1. The van der Waals surface area contributed by atoms with E-state index in [1.165, 1.54) is 5.56 Å². The summed E-state index contributed by atoms with van der Waals surface area (Å²) in [7, 11) is 3.57. The lowest BCUT2D eigenvalue weighted by molar-refractivity contribution is -0.122. The number of hydrogen-bond acceptors (Lipinski definition) is 4. The third-order valence-electron chi connectivity index (χ3n) is 2.99. The second-order valence-electron chi connectivity index (χ2n) is 5.10. The molecule has 1 amide bonds. The summed E-state index contributed by atoms with van der Waals surface area (Å²) in [5.74, 6) is 0.900. The molecule has 5 nitrogen and oxygen atoms in total. The first kappa shape index (κ1) is 17.5. The molecule has 1 N–H and O–H groups in total. The lowest BCUT2D eigenvalue weighted by Crippen LogP contribution is -2.37. The molecule has 0 aliphatic rings. The summed E-state index contributed by atoms with van der Waals surface area (Å²) >= 11 is 0. The van der Waals surface area contributed by atoms with Gasteiger partial charge in [-0.1, -0.05) is 12.1 Å². The summed E-state index contributed by atoms with van der Waals surface area (Å²) in [5.41, 5.74) is 1.18. The molecule has 0 aromatic heterocycles. The van der Waals surface area contributed by atoms with Crippen LogP contribution in [-0.2, 0) is 9.53 Å². The van der Waals surface area contributed by atoms with Crippen molar-refractivity contribution in [3.8, 4) is 5.75 Å². The van der Waals surface area contributed by atoms with E-state index in [1.54, 1.807) is 7.11 Å². The smallest absolute Gasteiger partial charge is 0.234 e. The number of amides is 1. The molecule has 1 aromatic rings. The van der Waals surface area contributed by atoms with Gasteiger partial charge in [0.25, 0.3) is 0 Å². The van der Waals surface area contributed by atoms with Gasteiger partial charge < -0.3 is 14.8 Å². The summed E-state index contributed by atoms with van der Waals surface area (Å²) in [4.78, 5) is 13.6. The minimum absolute atomic E-state index is 0.0316. The van der Waals surface area contributed by atoms with Crippen molar-refractivity contribution < 1.29 is 14.3 Å². The summed E-state index contributed by atoms with van der Waals surface area (Å²) in [6.45, 7) is 5.01. The normalized spacial score (nSPS) is 10.7. The molecule has 0 aliphatic heterocycles. The highest BCUT2D eigenvalue weighted by molar-refractivity contribution is 5.77. The van der Waals surface area contributed by atoms with E-state index in [0.29, 0.717) is 32.8 Å². The lowest BCUT2D eigenvalue weighted by Gasteiger charge is -2.16. The molecule has 21 heavy (non-hydrogen) atoms. The van der Waals surface area contributed by atoms with E-state index in [9.17, 15) is 4.79 Å². The van der Waals surface area contributed by atoms with Gasteiger partial charge in [-0.15, -0.1) is 0 Å². The Kier molecular flexibility index (Phi) is 8.47. The number of likely N-dealkylation sites (N-methyl/N-ethyl adjacent to an activating group) is 1. The van der Waals surface area contributed by atoms with Crippen LogP contribution in [0.4, 0.5) is 0 Å². The molecule has 1 aromatic carbocycles. The standard InChI is InChI=1S/C16H26N2O3/c1-14-6-4-7-15(12-14)21-11-9-18(2)13-16(19)17-8-5-10-20-3/h4,6-7,12H,5,8-11,13H2,1-3H3,(H,17,19). The topological polar surface area (TPSA) is 50.8 Å². The Balaban J connectivity index is 2.13. The molecular weight excluding hydrogens is 268 g/mol. The van der Waals surface area contributed by atoms with E-state index in [-0.39, 0.29) is 5.91 Å². The quantitative estimate of drug-likeness (QED) is 0.664. The number of carbonyl (C=O) groups excluding carboxylic acids is 1. The Morgan fingerprint density at radius 3 is 2.86 bits per heavy atom. The highest BCUT2D eigenvalue weighted by atomic mass is 16.5. The maximum absolute atomic E-state index is 11.7. The summed E-state index contributed by atoms with van der Waals surface area (Å²) in [6.07, 6.45) is 0.836. The molecule has 1 rings (SSSR count). The molecule has 0 spiro atoms.